The van der Waals surface area contributed by atoms with Crippen LogP contribution in [0.25, 0.3) is 10.2 Å². The van der Waals surface area contributed by atoms with E-state index in [-0.39, 0.29) is 5.91 Å². The number of hydrogen-bond donors (Lipinski definition) is 0. The van der Waals surface area contributed by atoms with Crippen molar-refractivity contribution in [2.24, 2.45) is 0 Å². The number of aryl methyl sites for hydroxylation is 3. The van der Waals surface area contributed by atoms with E-state index in [1.165, 1.54) is 5.56 Å². The minimum Gasteiger partial charge on any atom is -0.307 e. The zero-order valence-corrected chi connectivity index (χ0v) is 17.2. The molecule has 1 aliphatic heterocycles. The van der Waals surface area contributed by atoms with E-state index < -0.39 is 0 Å². The number of carbonyl (C=O) groups excluding carboxylic acids is 1. The molecule has 4 aromatic rings. The molecule has 0 saturated carbocycles. The highest BCUT2D eigenvalue weighted by molar-refractivity contribution is 7.22. The van der Waals surface area contributed by atoms with Crippen molar-refractivity contribution < 1.29 is 4.79 Å². The Bertz CT molecular complexity index is 1210. The van der Waals surface area contributed by atoms with Crippen LogP contribution in [-0.2, 0) is 19.5 Å². The molecule has 0 N–H and O–H groups in total. The molecule has 0 unspecified atom stereocenters. The molecule has 29 heavy (non-hydrogen) atoms. The Hall–Kier alpha value is -3.06. The van der Waals surface area contributed by atoms with E-state index in [2.05, 4.69) is 36.2 Å². The number of amides is 1. The van der Waals surface area contributed by atoms with Crippen LogP contribution in [0.2, 0.25) is 0 Å². The zero-order valence-electron chi connectivity index (χ0n) is 16.4. The molecule has 5 rings (SSSR count). The summed E-state index contributed by atoms with van der Waals surface area (Å²) < 4.78 is 3.04. The van der Waals surface area contributed by atoms with Gasteiger partial charge in [-0.25, -0.2) is 4.98 Å². The third-order valence-corrected chi connectivity index (χ3v) is 6.30. The van der Waals surface area contributed by atoms with Crippen molar-refractivity contribution in [1.29, 1.82) is 0 Å². The van der Waals surface area contributed by atoms with E-state index in [0.29, 0.717) is 17.5 Å². The van der Waals surface area contributed by atoms with Crippen LogP contribution in [0.1, 0.15) is 39.6 Å². The molecule has 0 bridgehead atoms. The number of nitrogens with zero attached hydrogens (tertiary/aromatic N) is 5. The number of carbonyl (C=O) groups is 1. The largest absolute Gasteiger partial charge is 0.307 e. The van der Waals surface area contributed by atoms with Gasteiger partial charge in [-0.15, -0.1) is 10.2 Å². The Morgan fingerprint density at radius 2 is 2.00 bits per heavy atom. The lowest BCUT2D eigenvalue weighted by Crippen LogP contribution is -2.32. The van der Waals surface area contributed by atoms with Crippen molar-refractivity contribution in [3.05, 3.63) is 70.8 Å². The summed E-state index contributed by atoms with van der Waals surface area (Å²) in [7, 11) is 0. The van der Waals surface area contributed by atoms with Gasteiger partial charge >= 0.3 is 0 Å². The van der Waals surface area contributed by atoms with Gasteiger partial charge in [0, 0.05) is 13.0 Å². The Morgan fingerprint density at radius 3 is 2.83 bits per heavy atom. The number of rotatable bonds is 4. The van der Waals surface area contributed by atoms with Gasteiger partial charge in [0.05, 0.1) is 16.8 Å². The monoisotopic (exact) mass is 403 g/mol. The predicted octanol–water partition coefficient (Wildman–Crippen LogP) is 4.30. The van der Waals surface area contributed by atoms with Crippen molar-refractivity contribution >= 4 is 32.6 Å². The van der Waals surface area contributed by atoms with Crippen LogP contribution in [0, 0.1) is 13.8 Å². The lowest BCUT2D eigenvalue weighted by molar-refractivity contribution is 0.0970. The van der Waals surface area contributed by atoms with E-state index in [0.717, 1.165) is 46.6 Å². The normalized spacial score (nSPS) is 13.0. The number of benzene rings is 2. The summed E-state index contributed by atoms with van der Waals surface area (Å²) in [6, 6.07) is 14.3. The maximum Gasteiger partial charge on any atom is 0.298 e. The molecular formula is C22H21N5OS. The third kappa shape index (κ3) is 3.21. The molecule has 0 fully saturated rings. The predicted molar refractivity (Wildman–Crippen MR) is 114 cm³/mol. The van der Waals surface area contributed by atoms with E-state index >= 15 is 0 Å². The van der Waals surface area contributed by atoms with Crippen LogP contribution in [0.15, 0.2) is 42.5 Å². The molecule has 0 atom stereocenters. The first-order valence-electron chi connectivity index (χ1n) is 9.76. The molecule has 1 aliphatic rings. The fourth-order valence-corrected chi connectivity index (χ4v) is 5.04. The first-order valence-corrected chi connectivity index (χ1v) is 10.6. The molecule has 1 amide bonds. The van der Waals surface area contributed by atoms with Gasteiger partial charge in [-0.2, -0.15) is 0 Å². The first-order chi connectivity index (χ1) is 14.1. The van der Waals surface area contributed by atoms with Crippen molar-refractivity contribution in [3.8, 4) is 0 Å². The Kier molecular flexibility index (Phi) is 4.39. The van der Waals surface area contributed by atoms with Crippen molar-refractivity contribution in [2.45, 2.75) is 39.8 Å². The quantitative estimate of drug-likeness (QED) is 0.510. The molecule has 6 nitrogen and oxygen atoms in total. The zero-order chi connectivity index (χ0) is 20.0. The fraction of sp³-hybridized carbons (Fsp3) is 0.273. The van der Waals surface area contributed by atoms with Crippen LogP contribution in [0.4, 0.5) is 5.13 Å². The maximum absolute atomic E-state index is 13.6. The molecular weight excluding hydrogens is 382 g/mol. The van der Waals surface area contributed by atoms with Gasteiger partial charge < -0.3 is 4.57 Å². The lowest BCUT2D eigenvalue weighted by atomic mass is 10.1. The van der Waals surface area contributed by atoms with Gasteiger partial charge in [0.1, 0.15) is 5.82 Å². The Morgan fingerprint density at radius 1 is 1.17 bits per heavy atom. The highest BCUT2D eigenvalue weighted by atomic mass is 32.1. The minimum atomic E-state index is -0.150. The molecule has 0 aliphatic carbocycles. The summed E-state index contributed by atoms with van der Waals surface area (Å²) in [4.78, 5) is 20.1. The van der Waals surface area contributed by atoms with Gasteiger partial charge in [-0.3, -0.25) is 9.69 Å². The molecule has 0 spiro atoms. The molecule has 0 radical (unpaired) electrons. The number of thiazole rings is 1. The summed E-state index contributed by atoms with van der Waals surface area (Å²) in [6.45, 7) is 5.38. The minimum absolute atomic E-state index is 0.150. The number of aromatic nitrogens is 4. The number of fused-ring (bicyclic) bond motifs is 2. The summed E-state index contributed by atoms with van der Waals surface area (Å²) in [5.41, 5.74) is 4.32. The average Bonchev–Trinajstić information content (AvgIpc) is 3.41. The van der Waals surface area contributed by atoms with Gasteiger partial charge in [-0.05, 0) is 43.0 Å². The second-order valence-corrected chi connectivity index (χ2v) is 8.51. The smallest absolute Gasteiger partial charge is 0.298 e. The Balaban J connectivity index is 1.60. The van der Waals surface area contributed by atoms with Gasteiger partial charge in [0.15, 0.2) is 5.13 Å². The van der Waals surface area contributed by atoms with E-state index in [9.17, 15) is 4.79 Å². The second-order valence-electron chi connectivity index (χ2n) is 7.50. The van der Waals surface area contributed by atoms with Crippen molar-refractivity contribution in [2.75, 3.05) is 4.90 Å². The first kappa shape index (κ1) is 18.0. The summed E-state index contributed by atoms with van der Waals surface area (Å²) in [5, 5.41) is 9.12. The average molecular weight is 404 g/mol. The van der Waals surface area contributed by atoms with Crippen LogP contribution in [-0.4, -0.2) is 25.7 Å². The van der Waals surface area contributed by atoms with Crippen LogP contribution in [0.5, 0.6) is 0 Å². The van der Waals surface area contributed by atoms with Crippen molar-refractivity contribution in [1.82, 2.24) is 19.7 Å². The molecule has 2 aromatic heterocycles. The van der Waals surface area contributed by atoms with Gasteiger partial charge in [-0.1, -0.05) is 47.7 Å². The van der Waals surface area contributed by atoms with E-state index in [1.54, 1.807) is 16.2 Å². The molecule has 0 saturated heterocycles. The lowest BCUT2D eigenvalue weighted by Gasteiger charge is -2.19. The molecule has 2 aromatic carbocycles. The third-order valence-electron chi connectivity index (χ3n) is 5.28. The standard InChI is InChI=1S/C22H21N5OS/c1-14-11-15(2)19-17(12-14)29-22(23-19)27(13-16-7-4-3-5-8-16)21(28)20-25-24-18-9-6-10-26(18)20/h3-5,7-8,11-12H,6,9-10,13H2,1-2H3. The highest BCUT2D eigenvalue weighted by Crippen LogP contribution is 2.33. The van der Waals surface area contributed by atoms with Gasteiger partial charge in [0.25, 0.3) is 5.91 Å². The van der Waals surface area contributed by atoms with Crippen molar-refractivity contribution in [3.63, 3.8) is 0 Å². The van der Waals surface area contributed by atoms with E-state index in [1.807, 2.05) is 34.9 Å². The van der Waals surface area contributed by atoms with Crippen LogP contribution >= 0.6 is 11.3 Å². The van der Waals surface area contributed by atoms with Gasteiger partial charge in [0.2, 0.25) is 5.82 Å². The Labute approximate surface area is 172 Å². The summed E-state index contributed by atoms with van der Waals surface area (Å²) in [6.07, 6.45) is 1.88. The summed E-state index contributed by atoms with van der Waals surface area (Å²) in [5.74, 6) is 1.15. The second kappa shape index (κ2) is 7.08. The summed E-state index contributed by atoms with van der Waals surface area (Å²) >= 11 is 1.55. The molecule has 3 heterocycles. The highest BCUT2D eigenvalue weighted by Gasteiger charge is 2.29. The van der Waals surface area contributed by atoms with E-state index in [4.69, 9.17) is 4.98 Å². The van der Waals surface area contributed by atoms with Crippen LogP contribution in [0.3, 0.4) is 0 Å². The number of hydrogen-bond acceptors (Lipinski definition) is 5. The van der Waals surface area contributed by atoms with Crippen LogP contribution < -0.4 is 4.90 Å². The molecule has 7 heteroatoms. The fourth-order valence-electron chi connectivity index (χ4n) is 3.90. The maximum atomic E-state index is 13.6. The topological polar surface area (TPSA) is 63.9 Å². The molecule has 146 valence electrons. The SMILES string of the molecule is Cc1cc(C)c2nc(N(Cc3ccccc3)C(=O)c3nnc4n3CCC4)sc2c1. The number of anilines is 1.